The molecule has 0 aromatic heterocycles. The van der Waals surface area contributed by atoms with E-state index in [0.717, 1.165) is 32.3 Å². The number of ether oxygens (including phenoxy) is 2. The molecule has 16 heavy (non-hydrogen) atoms. The molecule has 1 heterocycles. The van der Waals surface area contributed by atoms with Gasteiger partial charge in [-0.15, -0.1) is 0 Å². The summed E-state index contributed by atoms with van der Waals surface area (Å²) in [7, 11) is 0. The molecule has 3 nitrogen and oxygen atoms in total. The van der Waals surface area contributed by atoms with E-state index in [9.17, 15) is 4.79 Å². The number of ketones is 1. The molecule has 0 amide bonds. The summed E-state index contributed by atoms with van der Waals surface area (Å²) >= 11 is 0. The number of carbonyl (C=O) groups excluding carboxylic acids is 1. The highest BCUT2D eigenvalue weighted by Crippen LogP contribution is 2.24. The van der Waals surface area contributed by atoms with E-state index in [1.165, 1.54) is 19.3 Å². The molecule has 3 heteroatoms. The topological polar surface area (TPSA) is 35.5 Å². The van der Waals surface area contributed by atoms with Crippen molar-refractivity contribution in [2.45, 2.75) is 51.0 Å². The van der Waals surface area contributed by atoms with Crippen LogP contribution < -0.4 is 0 Å². The van der Waals surface area contributed by atoms with Crippen LogP contribution in [0.25, 0.3) is 0 Å². The van der Waals surface area contributed by atoms with E-state index in [1.54, 1.807) is 0 Å². The normalized spacial score (nSPS) is 27.1. The number of carbonyl (C=O) groups is 1. The summed E-state index contributed by atoms with van der Waals surface area (Å²) in [5.74, 6) is 0.580. The fourth-order valence-corrected chi connectivity index (χ4v) is 2.61. The maximum absolute atomic E-state index is 11.8. The highest BCUT2D eigenvalue weighted by molar-refractivity contribution is 5.82. The van der Waals surface area contributed by atoms with Gasteiger partial charge in [-0.2, -0.15) is 0 Å². The monoisotopic (exact) mass is 226 g/mol. The Kier molecular flexibility index (Phi) is 4.79. The van der Waals surface area contributed by atoms with Crippen LogP contribution in [0.2, 0.25) is 0 Å². The van der Waals surface area contributed by atoms with Gasteiger partial charge in [0.2, 0.25) is 0 Å². The molecule has 0 radical (unpaired) electrons. The highest BCUT2D eigenvalue weighted by Gasteiger charge is 2.22. The molecule has 1 atom stereocenters. The molecule has 2 aliphatic rings. The molecule has 0 N–H and O–H groups in total. The van der Waals surface area contributed by atoms with Gasteiger partial charge in [0, 0.05) is 12.5 Å². The maximum atomic E-state index is 11.8. The van der Waals surface area contributed by atoms with Crippen LogP contribution in [0.15, 0.2) is 0 Å². The molecule has 0 aromatic rings. The lowest BCUT2D eigenvalue weighted by Crippen LogP contribution is -2.24. The zero-order valence-corrected chi connectivity index (χ0v) is 9.95. The SMILES string of the molecule is O=C(COCC1CCCO1)C1CCCCC1. The Balaban J connectivity index is 1.59. The first-order valence-corrected chi connectivity index (χ1v) is 6.58. The van der Waals surface area contributed by atoms with E-state index < -0.39 is 0 Å². The smallest absolute Gasteiger partial charge is 0.161 e. The predicted octanol–water partition coefficient (Wildman–Crippen LogP) is 2.33. The Morgan fingerprint density at radius 1 is 1.12 bits per heavy atom. The molecule has 0 aromatic carbocycles. The van der Waals surface area contributed by atoms with Crippen molar-refractivity contribution < 1.29 is 14.3 Å². The molecule has 1 saturated heterocycles. The van der Waals surface area contributed by atoms with Crippen LogP contribution in [0.4, 0.5) is 0 Å². The van der Waals surface area contributed by atoms with Crippen LogP contribution in [0.1, 0.15) is 44.9 Å². The van der Waals surface area contributed by atoms with Crippen LogP contribution in [0, 0.1) is 5.92 Å². The van der Waals surface area contributed by atoms with E-state index in [2.05, 4.69) is 0 Å². The maximum Gasteiger partial charge on any atom is 0.161 e. The minimum atomic E-state index is 0.235. The Labute approximate surface area is 97.5 Å². The Hall–Kier alpha value is -0.410. The minimum Gasteiger partial charge on any atom is -0.376 e. The second kappa shape index (κ2) is 6.36. The zero-order valence-electron chi connectivity index (χ0n) is 9.95. The van der Waals surface area contributed by atoms with Crippen LogP contribution in [0.3, 0.4) is 0 Å². The third-order valence-corrected chi connectivity index (χ3v) is 3.63. The number of rotatable bonds is 5. The van der Waals surface area contributed by atoms with Crippen LogP contribution in [0.5, 0.6) is 0 Å². The summed E-state index contributed by atoms with van der Waals surface area (Å²) < 4.78 is 10.9. The second-order valence-corrected chi connectivity index (χ2v) is 4.95. The van der Waals surface area contributed by atoms with Crippen LogP contribution in [-0.4, -0.2) is 31.7 Å². The van der Waals surface area contributed by atoms with Gasteiger partial charge in [0.05, 0.1) is 12.7 Å². The molecule has 1 aliphatic heterocycles. The van der Waals surface area contributed by atoms with Crippen molar-refractivity contribution in [3.8, 4) is 0 Å². The molecule has 2 rings (SSSR count). The van der Waals surface area contributed by atoms with Gasteiger partial charge in [0.1, 0.15) is 6.61 Å². The van der Waals surface area contributed by atoms with Gasteiger partial charge in [-0.1, -0.05) is 19.3 Å². The Morgan fingerprint density at radius 3 is 2.62 bits per heavy atom. The van der Waals surface area contributed by atoms with Crippen molar-refractivity contribution in [1.29, 1.82) is 0 Å². The van der Waals surface area contributed by atoms with Gasteiger partial charge in [0.15, 0.2) is 5.78 Å². The Bertz CT molecular complexity index is 215. The third-order valence-electron chi connectivity index (χ3n) is 3.63. The van der Waals surface area contributed by atoms with E-state index in [4.69, 9.17) is 9.47 Å². The standard InChI is InChI=1S/C13H22O3/c14-13(11-5-2-1-3-6-11)10-15-9-12-7-4-8-16-12/h11-12H,1-10H2. The van der Waals surface area contributed by atoms with Crippen molar-refractivity contribution in [3.63, 3.8) is 0 Å². The average molecular weight is 226 g/mol. The molecule has 0 bridgehead atoms. The van der Waals surface area contributed by atoms with Crippen molar-refractivity contribution in [1.82, 2.24) is 0 Å². The van der Waals surface area contributed by atoms with Gasteiger partial charge < -0.3 is 9.47 Å². The lowest BCUT2D eigenvalue weighted by atomic mass is 9.86. The first-order valence-electron chi connectivity index (χ1n) is 6.58. The number of hydrogen-bond acceptors (Lipinski definition) is 3. The molecule has 1 aliphatic carbocycles. The average Bonchev–Trinajstić information content (AvgIpc) is 2.83. The first-order chi connectivity index (χ1) is 7.86. The summed E-state index contributed by atoms with van der Waals surface area (Å²) in [5, 5.41) is 0. The van der Waals surface area contributed by atoms with E-state index >= 15 is 0 Å². The number of hydrogen-bond donors (Lipinski definition) is 0. The summed E-state index contributed by atoms with van der Waals surface area (Å²) in [4.78, 5) is 11.8. The van der Waals surface area contributed by atoms with Gasteiger partial charge in [0.25, 0.3) is 0 Å². The molecule has 0 spiro atoms. The third kappa shape index (κ3) is 3.56. The summed E-state index contributed by atoms with van der Waals surface area (Å²) in [5.41, 5.74) is 0. The fraction of sp³-hybridized carbons (Fsp3) is 0.923. The lowest BCUT2D eigenvalue weighted by molar-refractivity contribution is -0.129. The van der Waals surface area contributed by atoms with Gasteiger partial charge in [-0.05, 0) is 25.7 Å². The van der Waals surface area contributed by atoms with Crippen molar-refractivity contribution in [3.05, 3.63) is 0 Å². The molecule has 1 unspecified atom stereocenters. The quantitative estimate of drug-likeness (QED) is 0.721. The van der Waals surface area contributed by atoms with E-state index in [1.807, 2.05) is 0 Å². The zero-order chi connectivity index (χ0) is 11.2. The Morgan fingerprint density at radius 2 is 1.94 bits per heavy atom. The van der Waals surface area contributed by atoms with E-state index in [0.29, 0.717) is 19.0 Å². The second-order valence-electron chi connectivity index (χ2n) is 4.95. The first kappa shape index (κ1) is 12.1. The molecule has 1 saturated carbocycles. The van der Waals surface area contributed by atoms with Crippen LogP contribution in [-0.2, 0) is 14.3 Å². The van der Waals surface area contributed by atoms with Crippen molar-refractivity contribution >= 4 is 5.78 Å². The molecular formula is C13H22O3. The summed E-state index contributed by atoms with van der Waals surface area (Å²) in [6, 6.07) is 0. The van der Waals surface area contributed by atoms with Gasteiger partial charge >= 0.3 is 0 Å². The van der Waals surface area contributed by atoms with Crippen LogP contribution >= 0.6 is 0 Å². The predicted molar refractivity (Wildman–Crippen MR) is 61.4 cm³/mol. The van der Waals surface area contributed by atoms with Gasteiger partial charge in [-0.25, -0.2) is 0 Å². The largest absolute Gasteiger partial charge is 0.376 e. The number of Topliss-reactive ketones (excluding diaryl/α,β-unsaturated/α-hetero) is 1. The molecule has 92 valence electrons. The highest BCUT2D eigenvalue weighted by atomic mass is 16.5. The van der Waals surface area contributed by atoms with E-state index in [-0.39, 0.29) is 12.0 Å². The van der Waals surface area contributed by atoms with Gasteiger partial charge in [-0.3, -0.25) is 4.79 Å². The summed E-state index contributed by atoms with van der Waals surface area (Å²) in [6.45, 7) is 1.74. The molecule has 2 fully saturated rings. The van der Waals surface area contributed by atoms with Crippen molar-refractivity contribution in [2.24, 2.45) is 5.92 Å². The van der Waals surface area contributed by atoms with Crippen molar-refractivity contribution in [2.75, 3.05) is 19.8 Å². The summed E-state index contributed by atoms with van der Waals surface area (Å²) in [6.07, 6.45) is 8.30. The lowest BCUT2D eigenvalue weighted by Gasteiger charge is -2.20. The fourth-order valence-electron chi connectivity index (χ4n) is 2.61. The minimum absolute atomic E-state index is 0.235. The molecular weight excluding hydrogens is 204 g/mol.